The summed E-state index contributed by atoms with van der Waals surface area (Å²) < 4.78 is 7.14. The Morgan fingerprint density at radius 2 is 2.36 bits per heavy atom. The number of ether oxygens (including phenoxy) is 1. The van der Waals surface area contributed by atoms with Crippen molar-refractivity contribution in [2.45, 2.75) is 18.6 Å². The van der Waals surface area contributed by atoms with Crippen molar-refractivity contribution in [1.82, 2.24) is 20.4 Å². The number of nitrogens with one attached hydrogen (secondary N) is 2. The van der Waals surface area contributed by atoms with E-state index in [1.54, 1.807) is 17.0 Å². The number of hydrogen-bond acceptors (Lipinski definition) is 6. The first kappa shape index (κ1) is 15.8. The van der Waals surface area contributed by atoms with Crippen LogP contribution in [0.3, 0.4) is 0 Å². The summed E-state index contributed by atoms with van der Waals surface area (Å²) in [6, 6.07) is 5.56. The van der Waals surface area contributed by atoms with Crippen LogP contribution in [0.4, 0.5) is 0 Å². The third-order valence-corrected chi connectivity index (χ3v) is 4.41. The number of aliphatic hydroxyl groups excluding tert-OH is 1. The summed E-state index contributed by atoms with van der Waals surface area (Å²) in [5, 5.41) is 20.9. The van der Waals surface area contributed by atoms with Crippen LogP contribution >= 0.6 is 0 Å². The van der Waals surface area contributed by atoms with Gasteiger partial charge in [0, 0.05) is 19.0 Å². The van der Waals surface area contributed by atoms with Crippen LogP contribution in [0, 0.1) is 0 Å². The molecule has 130 valence electrons. The van der Waals surface area contributed by atoms with Crippen molar-refractivity contribution in [3.63, 3.8) is 0 Å². The third kappa shape index (κ3) is 3.13. The lowest BCUT2D eigenvalue weighted by atomic mass is 10.1. The van der Waals surface area contributed by atoms with Crippen LogP contribution in [0.1, 0.15) is 12.0 Å². The predicted molar refractivity (Wildman–Crippen MR) is 92.6 cm³/mol. The van der Waals surface area contributed by atoms with Crippen LogP contribution < -0.4 is 10.6 Å². The summed E-state index contributed by atoms with van der Waals surface area (Å²) >= 11 is 0. The summed E-state index contributed by atoms with van der Waals surface area (Å²) in [7, 11) is 1.89. The fourth-order valence-corrected chi connectivity index (χ4v) is 3.01. The smallest absolute Gasteiger partial charge is 0.276 e. The van der Waals surface area contributed by atoms with Crippen LogP contribution in [0.15, 0.2) is 35.1 Å². The van der Waals surface area contributed by atoms with Crippen molar-refractivity contribution in [2.75, 3.05) is 13.2 Å². The van der Waals surface area contributed by atoms with Gasteiger partial charge in [0.05, 0.1) is 30.5 Å². The van der Waals surface area contributed by atoms with Gasteiger partial charge in [0.25, 0.3) is 5.91 Å². The van der Waals surface area contributed by atoms with Gasteiger partial charge in [0.2, 0.25) is 5.96 Å². The van der Waals surface area contributed by atoms with Crippen molar-refractivity contribution in [3.8, 4) is 0 Å². The molecule has 3 heterocycles. The van der Waals surface area contributed by atoms with Crippen LogP contribution in [0.25, 0.3) is 17.0 Å². The number of rotatable bonds is 2. The number of benzene rings is 1. The van der Waals surface area contributed by atoms with E-state index in [4.69, 9.17) is 4.74 Å². The fourth-order valence-electron chi connectivity index (χ4n) is 3.01. The molecule has 1 saturated heterocycles. The van der Waals surface area contributed by atoms with Gasteiger partial charge in [-0.25, -0.2) is 4.99 Å². The van der Waals surface area contributed by atoms with Gasteiger partial charge in [0.1, 0.15) is 5.70 Å². The lowest BCUT2D eigenvalue weighted by molar-refractivity contribution is -0.115. The highest BCUT2D eigenvalue weighted by Gasteiger charge is 2.28. The van der Waals surface area contributed by atoms with E-state index in [1.165, 1.54) is 0 Å². The lowest BCUT2D eigenvalue weighted by Crippen LogP contribution is -2.52. The summed E-state index contributed by atoms with van der Waals surface area (Å²) in [6.45, 7) is 0.924. The fraction of sp³-hybridized carbons (Fsp3) is 0.353. The second-order valence-corrected chi connectivity index (χ2v) is 6.21. The van der Waals surface area contributed by atoms with E-state index < -0.39 is 6.10 Å². The predicted octanol–water partition coefficient (Wildman–Crippen LogP) is 0.139. The average Bonchev–Trinajstić information content (AvgIpc) is 3.13. The Bertz CT molecular complexity index is 886. The maximum atomic E-state index is 12.1. The standard InChI is InChI=1S/C17H19N5O3/c1-22-14-3-2-10(6-11(14)8-18-22)7-12-16(24)21-17(19-12)20-13-9-25-5-4-15(13)23/h2-3,6-8,13,15,23H,4-5,9H2,1H3,(H2,19,20,21,24)/b12-7-/t13-,15-/m1/s1. The average molecular weight is 341 g/mol. The minimum Gasteiger partial charge on any atom is -0.391 e. The Hall–Kier alpha value is -2.71. The van der Waals surface area contributed by atoms with E-state index in [0.29, 0.717) is 31.3 Å². The number of aliphatic hydroxyl groups is 1. The van der Waals surface area contributed by atoms with E-state index in [9.17, 15) is 9.90 Å². The van der Waals surface area contributed by atoms with Crippen molar-refractivity contribution < 1.29 is 14.6 Å². The zero-order valence-corrected chi connectivity index (χ0v) is 13.8. The van der Waals surface area contributed by atoms with Crippen LogP contribution in [-0.2, 0) is 16.6 Å². The molecule has 0 aliphatic carbocycles. The third-order valence-electron chi connectivity index (χ3n) is 4.41. The largest absolute Gasteiger partial charge is 0.391 e. The molecule has 25 heavy (non-hydrogen) atoms. The molecular weight excluding hydrogens is 322 g/mol. The zero-order chi connectivity index (χ0) is 17.4. The molecule has 2 aliphatic heterocycles. The second-order valence-electron chi connectivity index (χ2n) is 6.21. The molecule has 1 aromatic carbocycles. The van der Waals surface area contributed by atoms with Crippen LogP contribution in [0.5, 0.6) is 0 Å². The minimum absolute atomic E-state index is 0.278. The SMILES string of the molecule is Cn1ncc2cc(/C=C3\N=C(N[C@@H]4COCC[C@H]4O)NC3=O)ccc21. The Balaban J connectivity index is 1.55. The highest BCUT2D eigenvalue weighted by atomic mass is 16.5. The number of hydrogen-bond donors (Lipinski definition) is 3. The second kappa shape index (κ2) is 6.30. The molecule has 1 fully saturated rings. The molecule has 8 nitrogen and oxygen atoms in total. The van der Waals surface area contributed by atoms with Crippen molar-refractivity contribution in [1.29, 1.82) is 0 Å². The molecule has 0 unspecified atom stereocenters. The number of aryl methyl sites for hydroxylation is 1. The van der Waals surface area contributed by atoms with Gasteiger partial charge in [-0.05, 0) is 30.2 Å². The summed E-state index contributed by atoms with van der Waals surface area (Å²) in [5.74, 6) is 0.0632. The molecule has 1 aromatic heterocycles. The Morgan fingerprint density at radius 1 is 1.48 bits per heavy atom. The van der Waals surface area contributed by atoms with Crippen molar-refractivity contribution in [3.05, 3.63) is 35.7 Å². The van der Waals surface area contributed by atoms with Gasteiger partial charge >= 0.3 is 0 Å². The molecule has 0 bridgehead atoms. The number of nitrogens with zero attached hydrogens (tertiary/aromatic N) is 3. The van der Waals surface area contributed by atoms with E-state index in [-0.39, 0.29) is 11.9 Å². The maximum Gasteiger partial charge on any atom is 0.276 e. The molecule has 2 atom stereocenters. The highest BCUT2D eigenvalue weighted by molar-refractivity contribution is 6.13. The van der Waals surface area contributed by atoms with Gasteiger partial charge in [0.15, 0.2) is 0 Å². The number of aliphatic imine (C=N–C) groups is 1. The number of fused-ring (bicyclic) bond motifs is 1. The van der Waals surface area contributed by atoms with E-state index in [1.807, 2.05) is 25.2 Å². The first-order chi connectivity index (χ1) is 12.1. The molecule has 0 spiro atoms. The van der Waals surface area contributed by atoms with Gasteiger partial charge in [-0.1, -0.05) is 6.07 Å². The summed E-state index contributed by atoms with van der Waals surface area (Å²) in [4.78, 5) is 16.4. The molecular formula is C17H19N5O3. The Labute approximate surface area is 144 Å². The Kier molecular flexibility index (Phi) is 3.98. The normalized spacial score (nSPS) is 25.3. The molecule has 8 heteroatoms. The topological polar surface area (TPSA) is 101 Å². The van der Waals surface area contributed by atoms with Crippen molar-refractivity contribution >= 4 is 28.8 Å². The first-order valence-electron chi connectivity index (χ1n) is 8.16. The molecule has 0 saturated carbocycles. The minimum atomic E-state index is -0.519. The van der Waals surface area contributed by atoms with Gasteiger partial charge in [-0.3, -0.25) is 14.8 Å². The Morgan fingerprint density at radius 3 is 3.20 bits per heavy atom. The lowest BCUT2D eigenvalue weighted by Gasteiger charge is -2.28. The van der Waals surface area contributed by atoms with E-state index in [2.05, 4.69) is 20.7 Å². The van der Waals surface area contributed by atoms with Crippen molar-refractivity contribution in [2.24, 2.45) is 12.0 Å². The molecule has 4 rings (SSSR count). The number of carbonyl (C=O) groups is 1. The quantitative estimate of drug-likeness (QED) is 0.675. The number of amides is 1. The van der Waals surface area contributed by atoms with Crippen LogP contribution in [0.2, 0.25) is 0 Å². The number of carbonyl (C=O) groups excluding carboxylic acids is 1. The molecule has 0 radical (unpaired) electrons. The maximum absolute atomic E-state index is 12.1. The van der Waals surface area contributed by atoms with Gasteiger partial charge in [-0.2, -0.15) is 5.10 Å². The van der Waals surface area contributed by atoms with Gasteiger partial charge < -0.3 is 15.2 Å². The highest BCUT2D eigenvalue weighted by Crippen LogP contribution is 2.18. The summed E-state index contributed by atoms with van der Waals surface area (Å²) in [5.41, 5.74) is 2.21. The number of aromatic nitrogens is 2. The number of guanidine groups is 1. The molecule has 1 amide bonds. The molecule has 2 aromatic rings. The van der Waals surface area contributed by atoms with E-state index in [0.717, 1.165) is 16.5 Å². The molecule has 2 aliphatic rings. The van der Waals surface area contributed by atoms with Gasteiger partial charge in [-0.15, -0.1) is 0 Å². The van der Waals surface area contributed by atoms with Crippen LogP contribution in [-0.4, -0.2) is 52.1 Å². The zero-order valence-electron chi connectivity index (χ0n) is 13.8. The first-order valence-corrected chi connectivity index (χ1v) is 8.16. The van der Waals surface area contributed by atoms with E-state index >= 15 is 0 Å². The molecule has 3 N–H and O–H groups in total. The monoisotopic (exact) mass is 341 g/mol. The summed E-state index contributed by atoms with van der Waals surface area (Å²) in [6.07, 6.45) is 3.55.